The van der Waals surface area contributed by atoms with Gasteiger partial charge in [0.2, 0.25) is 0 Å². The maximum atomic E-state index is 10.6. The summed E-state index contributed by atoms with van der Waals surface area (Å²) < 4.78 is 5.06. The molecule has 0 spiro atoms. The summed E-state index contributed by atoms with van der Waals surface area (Å²) in [6.07, 6.45) is 10.9. The van der Waals surface area contributed by atoms with E-state index in [0.717, 1.165) is 37.2 Å². The molecule has 1 heterocycles. The van der Waals surface area contributed by atoms with E-state index in [-0.39, 0.29) is 0 Å². The smallest absolute Gasteiger partial charge is 0.0935 e. The molecule has 2 unspecified atom stereocenters. The van der Waals surface area contributed by atoms with E-state index in [1.54, 1.807) is 12.5 Å². The Labute approximate surface area is 97.7 Å². The van der Waals surface area contributed by atoms with Crippen LogP contribution < -0.4 is 0 Å². The zero-order valence-corrected chi connectivity index (χ0v) is 10.1. The molecule has 0 aliphatic heterocycles. The molecule has 0 bridgehead atoms. The summed E-state index contributed by atoms with van der Waals surface area (Å²) in [5.41, 5.74) is 0.630. The third-order valence-corrected chi connectivity index (χ3v) is 3.96. The number of aliphatic hydroxyl groups is 1. The van der Waals surface area contributed by atoms with Gasteiger partial charge in [0, 0.05) is 6.42 Å². The minimum absolute atomic E-state index is 0.492. The zero-order valence-electron chi connectivity index (χ0n) is 10.1. The molecule has 2 heteroatoms. The van der Waals surface area contributed by atoms with Crippen molar-refractivity contribution in [3.63, 3.8) is 0 Å². The number of hydrogen-bond donors (Lipinski definition) is 1. The van der Waals surface area contributed by atoms with Crippen LogP contribution in [0.3, 0.4) is 0 Å². The minimum Gasteiger partial charge on any atom is -0.472 e. The van der Waals surface area contributed by atoms with Gasteiger partial charge < -0.3 is 9.52 Å². The maximum Gasteiger partial charge on any atom is 0.0935 e. The lowest BCUT2D eigenvalue weighted by molar-refractivity contribution is 0.0240. The summed E-state index contributed by atoms with van der Waals surface area (Å²) >= 11 is 0. The Morgan fingerprint density at radius 2 is 2.31 bits per heavy atom. The van der Waals surface area contributed by atoms with E-state index in [0.29, 0.717) is 0 Å². The highest BCUT2D eigenvalue weighted by atomic mass is 16.3. The molecular formula is C14H22O2. The third-order valence-electron chi connectivity index (χ3n) is 3.96. The highest BCUT2D eigenvalue weighted by molar-refractivity contribution is 5.09. The summed E-state index contributed by atoms with van der Waals surface area (Å²) in [7, 11) is 0. The van der Waals surface area contributed by atoms with Crippen molar-refractivity contribution in [1.82, 2.24) is 0 Å². The monoisotopic (exact) mass is 222 g/mol. The first-order valence-corrected chi connectivity index (χ1v) is 6.45. The molecule has 1 aromatic heterocycles. The fraction of sp³-hybridized carbons (Fsp3) is 0.714. The molecule has 0 amide bonds. The molecule has 2 nitrogen and oxygen atoms in total. The highest BCUT2D eigenvalue weighted by Gasteiger charge is 2.30. The molecule has 1 aliphatic carbocycles. The first-order chi connectivity index (χ1) is 7.72. The predicted octanol–water partition coefficient (Wildman–Crippen LogP) is 3.54. The van der Waals surface area contributed by atoms with E-state index in [1.807, 2.05) is 6.07 Å². The summed E-state index contributed by atoms with van der Waals surface area (Å²) in [6.45, 7) is 2.26. The Hall–Kier alpha value is -0.760. The van der Waals surface area contributed by atoms with Crippen LogP contribution in [0.15, 0.2) is 23.0 Å². The molecule has 1 fully saturated rings. The second-order valence-corrected chi connectivity index (χ2v) is 5.24. The van der Waals surface area contributed by atoms with Crippen LogP contribution in [-0.2, 0) is 6.42 Å². The van der Waals surface area contributed by atoms with Gasteiger partial charge in [-0.25, -0.2) is 0 Å². The van der Waals surface area contributed by atoms with Gasteiger partial charge in [-0.15, -0.1) is 0 Å². The van der Waals surface area contributed by atoms with Crippen molar-refractivity contribution in [1.29, 1.82) is 0 Å². The van der Waals surface area contributed by atoms with Gasteiger partial charge in [0.1, 0.15) is 0 Å². The standard InChI is InChI=1S/C14H22O2/c1-2-12-4-3-7-14(15,8-5-12)10-13-6-9-16-11-13/h6,9,11-12,15H,2-5,7-8,10H2,1H3. The molecule has 16 heavy (non-hydrogen) atoms. The van der Waals surface area contributed by atoms with Crippen molar-refractivity contribution in [2.75, 3.05) is 0 Å². The fourth-order valence-electron chi connectivity index (χ4n) is 2.82. The number of hydrogen-bond acceptors (Lipinski definition) is 2. The molecule has 1 saturated carbocycles. The van der Waals surface area contributed by atoms with Crippen molar-refractivity contribution in [2.45, 2.75) is 57.5 Å². The third kappa shape index (κ3) is 2.88. The number of rotatable bonds is 3. The van der Waals surface area contributed by atoms with Crippen molar-refractivity contribution in [3.8, 4) is 0 Å². The maximum absolute atomic E-state index is 10.6. The van der Waals surface area contributed by atoms with Gasteiger partial charge in [0.15, 0.2) is 0 Å². The van der Waals surface area contributed by atoms with Crippen molar-refractivity contribution >= 4 is 0 Å². The molecule has 0 radical (unpaired) electrons. The Morgan fingerprint density at radius 1 is 1.44 bits per heavy atom. The molecule has 1 aromatic rings. The minimum atomic E-state index is -0.492. The lowest BCUT2D eigenvalue weighted by Crippen LogP contribution is -2.30. The Morgan fingerprint density at radius 3 is 3.00 bits per heavy atom. The molecule has 1 aliphatic rings. The highest BCUT2D eigenvalue weighted by Crippen LogP contribution is 2.34. The molecule has 2 rings (SSSR count). The molecule has 90 valence electrons. The van der Waals surface area contributed by atoms with Crippen LogP contribution in [0.5, 0.6) is 0 Å². The quantitative estimate of drug-likeness (QED) is 0.793. The Bertz CT molecular complexity index is 305. The normalized spacial score (nSPS) is 31.2. The second-order valence-electron chi connectivity index (χ2n) is 5.24. The predicted molar refractivity (Wildman–Crippen MR) is 64.2 cm³/mol. The number of furan rings is 1. The van der Waals surface area contributed by atoms with Gasteiger partial charge in [-0.1, -0.05) is 26.2 Å². The van der Waals surface area contributed by atoms with Gasteiger partial charge in [-0.05, 0) is 36.8 Å². The topological polar surface area (TPSA) is 33.4 Å². The second kappa shape index (κ2) is 5.05. The summed E-state index contributed by atoms with van der Waals surface area (Å²) in [5, 5.41) is 10.6. The van der Waals surface area contributed by atoms with E-state index in [1.165, 1.54) is 19.3 Å². The van der Waals surface area contributed by atoms with Crippen LogP contribution in [-0.4, -0.2) is 10.7 Å². The van der Waals surface area contributed by atoms with Crippen molar-refractivity contribution in [3.05, 3.63) is 24.2 Å². The van der Waals surface area contributed by atoms with Gasteiger partial charge in [0.25, 0.3) is 0 Å². The van der Waals surface area contributed by atoms with Gasteiger partial charge in [-0.3, -0.25) is 0 Å². The van der Waals surface area contributed by atoms with Crippen LogP contribution in [0.25, 0.3) is 0 Å². The van der Waals surface area contributed by atoms with Gasteiger partial charge in [-0.2, -0.15) is 0 Å². The van der Waals surface area contributed by atoms with Crippen LogP contribution in [0.1, 0.15) is 51.0 Å². The Balaban J connectivity index is 1.96. The summed E-state index contributed by atoms with van der Waals surface area (Å²) in [4.78, 5) is 0. The average Bonchev–Trinajstić information content (AvgIpc) is 2.68. The van der Waals surface area contributed by atoms with Crippen LogP contribution in [0, 0.1) is 5.92 Å². The molecule has 0 saturated heterocycles. The van der Waals surface area contributed by atoms with Crippen molar-refractivity contribution < 1.29 is 9.52 Å². The summed E-state index contributed by atoms with van der Waals surface area (Å²) in [6, 6.07) is 1.96. The first kappa shape index (κ1) is 11.7. The lowest BCUT2D eigenvalue weighted by Gasteiger charge is -2.26. The summed E-state index contributed by atoms with van der Waals surface area (Å²) in [5.74, 6) is 0.818. The van der Waals surface area contributed by atoms with E-state index < -0.39 is 5.60 Å². The van der Waals surface area contributed by atoms with E-state index >= 15 is 0 Å². The molecule has 2 atom stereocenters. The zero-order chi connectivity index (χ0) is 11.4. The van der Waals surface area contributed by atoms with Crippen LogP contribution in [0.4, 0.5) is 0 Å². The fourth-order valence-corrected chi connectivity index (χ4v) is 2.82. The van der Waals surface area contributed by atoms with E-state index in [2.05, 4.69) is 6.92 Å². The van der Waals surface area contributed by atoms with Crippen LogP contribution >= 0.6 is 0 Å². The van der Waals surface area contributed by atoms with Crippen LogP contribution in [0.2, 0.25) is 0 Å². The Kier molecular flexibility index (Phi) is 3.70. The molecular weight excluding hydrogens is 200 g/mol. The van der Waals surface area contributed by atoms with Gasteiger partial charge in [0.05, 0.1) is 18.1 Å². The first-order valence-electron chi connectivity index (χ1n) is 6.45. The van der Waals surface area contributed by atoms with E-state index in [9.17, 15) is 5.11 Å². The average molecular weight is 222 g/mol. The van der Waals surface area contributed by atoms with E-state index in [4.69, 9.17) is 4.42 Å². The van der Waals surface area contributed by atoms with Crippen molar-refractivity contribution in [2.24, 2.45) is 5.92 Å². The van der Waals surface area contributed by atoms with Gasteiger partial charge >= 0.3 is 0 Å². The lowest BCUT2D eigenvalue weighted by atomic mass is 9.88. The molecule has 0 aromatic carbocycles. The molecule has 1 N–H and O–H groups in total. The SMILES string of the molecule is CCC1CCCC(O)(Cc2ccoc2)CC1. The largest absolute Gasteiger partial charge is 0.472 e.